The zero-order valence-electron chi connectivity index (χ0n) is 15.8. The van der Waals surface area contributed by atoms with E-state index < -0.39 is 0 Å². The number of carbonyl (C=O) groups excluding carboxylic acids is 1. The van der Waals surface area contributed by atoms with Gasteiger partial charge in [-0.1, -0.05) is 65.7 Å². The van der Waals surface area contributed by atoms with E-state index in [0.29, 0.717) is 6.54 Å². The van der Waals surface area contributed by atoms with Crippen LogP contribution in [0.3, 0.4) is 0 Å². The first-order valence-electron chi connectivity index (χ1n) is 9.40. The van der Waals surface area contributed by atoms with E-state index in [9.17, 15) is 4.79 Å². The minimum Gasteiger partial charge on any atom is -0.352 e. The van der Waals surface area contributed by atoms with Gasteiger partial charge in [0.15, 0.2) is 0 Å². The van der Waals surface area contributed by atoms with E-state index in [1.807, 2.05) is 12.1 Å². The molecule has 2 aromatic carbocycles. The summed E-state index contributed by atoms with van der Waals surface area (Å²) < 4.78 is 0. The number of aromatic nitrogens is 1. The van der Waals surface area contributed by atoms with Crippen molar-refractivity contribution < 1.29 is 4.79 Å². The molecule has 1 aliphatic carbocycles. The molecule has 3 nitrogen and oxygen atoms in total. The molecule has 3 aromatic rings. The van der Waals surface area contributed by atoms with E-state index in [1.54, 1.807) is 12.4 Å². The van der Waals surface area contributed by atoms with Gasteiger partial charge in [-0.05, 0) is 43.0 Å². The molecule has 1 aliphatic rings. The predicted molar refractivity (Wildman–Crippen MR) is 107 cm³/mol. The van der Waals surface area contributed by atoms with Crippen LogP contribution in [0.1, 0.15) is 34.2 Å². The van der Waals surface area contributed by atoms with Crippen LogP contribution in [0.15, 0.2) is 73.1 Å². The predicted octanol–water partition coefficient (Wildman–Crippen LogP) is 4.32. The van der Waals surface area contributed by atoms with Crippen molar-refractivity contribution >= 4 is 5.91 Å². The molecule has 0 saturated heterocycles. The first-order chi connectivity index (χ1) is 13.1. The van der Waals surface area contributed by atoms with Gasteiger partial charge in [0.25, 0.3) is 0 Å². The van der Waals surface area contributed by atoms with E-state index in [0.717, 1.165) is 12.0 Å². The highest BCUT2D eigenvalue weighted by Gasteiger charge is 2.60. The lowest BCUT2D eigenvalue weighted by molar-refractivity contribution is -0.122. The van der Waals surface area contributed by atoms with Crippen molar-refractivity contribution in [3.63, 3.8) is 0 Å². The SMILES string of the molecule is Cc1ccc(C2(c3ccc(C)cc3)C[C@H]2C(=O)NCc2cccnc2)cc1. The van der Waals surface area contributed by atoms with Crippen LogP contribution in [0.25, 0.3) is 0 Å². The molecule has 0 bridgehead atoms. The number of rotatable bonds is 5. The monoisotopic (exact) mass is 356 g/mol. The van der Waals surface area contributed by atoms with Crippen LogP contribution in [0.5, 0.6) is 0 Å². The molecule has 1 N–H and O–H groups in total. The second-order valence-corrected chi connectivity index (χ2v) is 7.54. The Morgan fingerprint density at radius 2 is 1.59 bits per heavy atom. The van der Waals surface area contributed by atoms with Crippen molar-refractivity contribution in [3.05, 3.63) is 101 Å². The quantitative estimate of drug-likeness (QED) is 0.740. The maximum absolute atomic E-state index is 12.9. The fourth-order valence-electron chi connectivity index (χ4n) is 3.90. The van der Waals surface area contributed by atoms with Gasteiger partial charge >= 0.3 is 0 Å². The average Bonchev–Trinajstić information content (AvgIpc) is 3.45. The van der Waals surface area contributed by atoms with Crippen molar-refractivity contribution in [2.75, 3.05) is 0 Å². The van der Waals surface area contributed by atoms with E-state index in [2.05, 4.69) is 72.7 Å². The molecule has 1 saturated carbocycles. The Morgan fingerprint density at radius 3 is 2.11 bits per heavy atom. The summed E-state index contributed by atoms with van der Waals surface area (Å²) in [6, 6.07) is 21.1. The number of carbonyl (C=O) groups is 1. The lowest BCUT2D eigenvalue weighted by Gasteiger charge is -2.19. The molecule has 1 aromatic heterocycles. The number of nitrogens with zero attached hydrogens (tertiary/aromatic N) is 1. The van der Waals surface area contributed by atoms with Crippen LogP contribution in [0, 0.1) is 19.8 Å². The maximum Gasteiger partial charge on any atom is 0.224 e. The van der Waals surface area contributed by atoms with Crippen molar-refractivity contribution in [3.8, 4) is 0 Å². The third-order valence-corrected chi connectivity index (χ3v) is 5.60. The molecule has 3 heteroatoms. The molecule has 136 valence electrons. The van der Waals surface area contributed by atoms with Gasteiger partial charge in [0.05, 0.1) is 5.92 Å². The number of amides is 1. The van der Waals surface area contributed by atoms with Crippen LogP contribution in [0.4, 0.5) is 0 Å². The molecule has 1 amide bonds. The van der Waals surface area contributed by atoms with E-state index in [1.165, 1.54) is 22.3 Å². The standard InChI is InChI=1S/C24H24N2O/c1-17-5-9-20(10-6-17)24(21-11-7-18(2)8-12-21)14-22(24)23(27)26-16-19-4-3-13-25-15-19/h3-13,15,22H,14,16H2,1-2H3,(H,26,27)/t22-/m0/s1. The zero-order valence-corrected chi connectivity index (χ0v) is 15.8. The summed E-state index contributed by atoms with van der Waals surface area (Å²) in [5, 5.41) is 3.10. The molecule has 0 aliphatic heterocycles. The molecule has 0 spiro atoms. The van der Waals surface area contributed by atoms with Crippen molar-refractivity contribution in [2.24, 2.45) is 5.92 Å². The Labute approximate surface area is 160 Å². The third kappa shape index (κ3) is 3.37. The van der Waals surface area contributed by atoms with Gasteiger partial charge in [-0.2, -0.15) is 0 Å². The highest BCUT2D eigenvalue weighted by molar-refractivity contribution is 5.86. The van der Waals surface area contributed by atoms with Crippen molar-refractivity contribution in [1.82, 2.24) is 10.3 Å². The summed E-state index contributed by atoms with van der Waals surface area (Å²) >= 11 is 0. The second-order valence-electron chi connectivity index (χ2n) is 7.54. The summed E-state index contributed by atoms with van der Waals surface area (Å²) in [6.07, 6.45) is 4.38. The molecule has 27 heavy (non-hydrogen) atoms. The van der Waals surface area contributed by atoms with Gasteiger partial charge in [0, 0.05) is 24.4 Å². The molecule has 1 fully saturated rings. The van der Waals surface area contributed by atoms with Crippen molar-refractivity contribution in [1.29, 1.82) is 0 Å². The highest BCUT2D eigenvalue weighted by atomic mass is 16.2. The Balaban J connectivity index is 1.60. The van der Waals surface area contributed by atoms with E-state index in [4.69, 9.17) is 0 Å². The molecule has 0 unspecified atom stereocenters. The molecule has 1 heterocycles. The number of hydrogen-bond donors (Lipinski definition) is 1. The highest BCUT2D eigenvalue weighted by Crippen LogP contribution is 2.59. The number of pyridine rings is 1. The summed E-state index contributed by atoms with van der Waals surface area (Å²) in [5.41, 5.74) is 5.70. The first kappa shape index (κ1) is 17.5. The van der Waals surface area contributed by atoms with Gasteiger partial charge < -0.3 is 5.32 Å². The lowest BCUT2D eigenvalue weighted by Crippen LogP contribution is -2.28. The number of aryl methyl sites for hydroxylation is 2. The largest absolute Gasteiger partial charge is 0.352 e. The Bertz CT molecular complexity index is 885. The van der Waals surface area contributed by atoms with Crippen LogP contribution < -0.4 is 5.32 Å². The lowest BCUT2D eigenvalue weighted by atomic mass is 9.85. The first-order valence-corrected chi connectivity index (χ1v) is 9.40. The summed E-state index contributed by atoms with van der Waals surface area (Å²) in [5.74, 6) is 0.0691. The Kier molecular flexibility index (Phi) is 4.53. The molecular formula is C24H24N2O. The van der Waals surface area contributed by atoms with Gasteiger partial charge in [0.2, 0.25) is 5.91 Å². The summed E-state index contributed by atoms with van der Waals surface area (Å²) in [4.78, 5) is 17.1. The van der Waals surface area contributed by atoms with Gasteiger partial charge in [-0.15, -0.1) is 0 Å². The van der Waals surface area contributed by atoms with Gasteiger partial charge in [-0.3, -0.25) is 9.78 Å². The van der Waals surface area contributed by atoms with Crippen LogP contribution in [-0.2, 0) is 16.8 Å². The molecule has 1 atom stereocenters. The topological polar surface area (TPSA) is 42.0 Å². The second kappa shape index (κ2) is 6.99. The molecule has 4 rings (SSSR count). The minimum atomic E-state index is -0.222. The Morgan fingerprint density at radius 1 is 1.00 bits per heavy atom. The third-order valence-electron chi connectivity index (χ3n) is 5.60. The average molecular weight is 356 g/mol. The Hall–Kier alpha value is -2.94. The van der Waals surface area contributed by atoms with E-state index >= 15 is 0 Å². The maximum atomic E-state index is 12.9. The summed E-state index contributed by atoms with van der Waals surface area (Å²) in [7, 11) is 0. The number of nitrogens with one attached hydrogen (secondary N) is 1. The van der Waals surface area contributed by atoms with Crippen molar-refractivity contribution in [2.45, 2.75) is 32.2 Å². The normalized spacial score (nSPS) is 17.3. The number of benzene rings is 2. The molecule has 0 radical (unpaired) electrons. The summed E-state index contributed by atoms with van der Waals surface area (Å²) in [6.45, 7) is 4.70. The fraction of sp³-hybridized carbons (Fsp3) is 0.250. The molecular weight excluding hydrogens is 332 g/mol. The van der Waals surface area contributed by atoms with Crippen LogP contribution in [0.2, 0.25) is 0 Å². The van der Waals surface area contributed by atoms with Gasteiger partial charge in [-0.25, -0.2) is 0 Å². The van der Waals surface area contributed by atoms with Crippen LogP contribution >= 0.6 is 0 Å². The zero-order chi connectivity index (χ0) is 18.9. The number of hydrogen-bond acceptors (Lipinski definition) is 2. The smallest absolute Gasteiger partial charge is 0.224 e. The van der Waals surface area contributed by atoms with E-state index in [-0.39, 0.29) is 17.2 Å². The van der Waals surface area contributed by atoms with Gasteiger partial charge in [0.1, 0.15) is 0 Å². The van der Waals surface area contributed by atoms with Crippen LogP contribution in [-0.4, -0.2) is 10.9 Å². The minimum absolute atomic E-state index is 0.0421. The fourth-order valence-corrected chi connectivity index (χ4v) is 3.90.